The van der Waals surface area contributed by atoms with Gasteiger partial charge >= 0.3 is 0 Å². The van der Waals surface area contributed by atoms with Gasteiger partial charge in [-0.15, -0.1) is 0 Å². The maximum Gasteiger partial charge on any atom is 0.293 e. The minimum Gasteiger partial charge on any atom is -0.403 e. The fourth-order valence-corrected chi connectivity index (χ4v) is 4.45. The summed E-state index contributed by atoms with van der Waals surface area (Å²) in [4.78, 5) is 39.0. The molecular formula is C23H24F3N5O3. The summed E-state index contributed by atoms with van der Waals surface area (Å²) in [5.41, 5.74) is 11.1. The molecule has 0 bridgehead atoms. The van der Waals surface area contributed by atoms with Crippen LogP contribution in [0.1, 0.15) is 63.4 Å². The van der Waals surface area contributed by atoms with Crippen LogP contribution < -0.4 is 22.1 Å². The van der Waals surface area contributed by atoms with Crippen LogP contribution in [0.5, 0.6) is 0 Å². The first kappa shape index (κ1) is 23.4. The van der Waals surface area contributed by atoms with Crippen molar-refractivity contribution in [1.82, 2.24) is 9.88 Å². The summed E-state index contributed by atoms with van der Waals surface area (Å²) in [7, 11) is 0. The van der Waals surface area contributed by atoms with Crippen molar-refractivity contribution >= 4 is 23.3 Å². The Morgan fingerprint density at radius 1 is 1.24 bits per heavy atom. The lowest BCUT2D eigenvalue weighted by Gasteiger charge is -2.17. The molecule has 2 aromatic rings. The Hall–Kier alpha value is -3.76. The second-order valence-corrected chi connectivity index (χ2v) is 8.53. The number of halogens is 3. The van der Waals surface area contributed by atoms with Crippen LogP contribution in [-0.4, -0.2) is 27.7 Å². The smallest absolute Gasteiger partial charge is 0.293 e. The number of carbonyl (C=O) groups excluding carboxylic acids is 3. The van der Waals surface area contributed by atoms with Gasteiger partial charge in [-0.3, -0.25) is 14.4 Å². The topological polar surface area (TPSA) is 132 Å². The molecule has 2 amide bonds. The Labute approximate surface area is 193 Å². The maximum absolute atomic E-state index is 13.6. The number of ketones is 1. The van der Waals surface area contributed by atoms with E-state index in [1.807, 2.05) is 0 Å². The van der Waals surface area contributed by atoms with Gasteiger partial charge in [0, 0.05) is 29.8 Å². The molecule has 0 radical (unpaired) electrons. The Bertz CT molecular complexity index is 1230. The Balaban J connectivity index is 1.63. The highest BCUT2D eigenvalue weighted by molar-refractivity contribution is 6.44. The van der Waals surface area contributed by atoms with Gasteiger partial charge in [-0.05, 0) is 56.4 Å². The summed E-state index contributed by atoms with van der Waals surface area (Å²) in [6.45, 7) is 2.00. The van der Waals surface area contributed by atoms with E-state index in [0.29, 0.717) is 43.5 Å². The van der Waals surface area contributed by atoms with Crippen LogP contribution in [0.25, 0.3) is 0 Å². The summed E-state index contributed by atoms with van der Waals surface area (Å²) in [6, 6.07) is 2.89. The number of amides is 2. The van der Waals surface area contributed by atoms with E-state index in [2.05, 4.69) is 10.6 Å². The van der Waals surface area contributed by atoms with Crippen LogP contribution in [-0.2, 0) is 17.8 Å². The summed E-state index contributed by atoms with van der Waals surface area (Å²) in [5.74, 6) is -3.37. The fraction of sp³-hybridized carbons (Fsp3) is 0.348. The van der Waals surface area contributed by atoms with Crippen LogP contribution in [0.2, 0.25) is 0 Å². The van der Waals surface area contributed by atoms with Gasteiger partial charge in [0.2, 0.25) is 0 Å². The summed E-state index contributed by atoms with van der Waals surface area (Å²) in [6.07, 6.45) is 0.420. The molecule has 8 nitrogen and oxygen atoms in total. The summed E-state index contributed by atoms with van der Waals surface area (Å²) in [5, 5.41) is 5.15. The minimum atomic E-state index is -3.04. The molecule has 0 saturated heterocycles. The minimum absolute atomic E-state index is 0.0139. The Morgan fingerprint density at radius 3 is 2.56 bits per heavy atom. The number of anilines is 1. The van der Waals surface area contributed by atoms with Gasteiger partial charge in [0.05, 0.1) is 16.7 Å². The highest BCUT2D eigenvalue weighted by Gasteiger charge is 2.48. The number of hydrogen-bond acceptors (Lipinski definition) is 5. The lowest BCUT2D eigenvalue weighted by molar-refractivity contribution is -0.117. The third-order valence-corrected chi connectivity index (χ3v) is 6.38. The van der Waals surface area contributed by atoms with Crippen LogP contribution in [0, 0.1) is 12.7 Å². The number of nitrogens with two attached hydrogens (primary N) is 2. The van der Waals surface area contributed by atoms with Gasteiger partial charge in [-0.1, -0.05) is 0 Å². The zero-order valence-electron chi connectivity index (χ0n) is 18.4. The van der Waals surface area contributed by atoms with Crippen molar-refractivity contribution in [2.24, 2.45) is 11.5 Å². The number of rotatable bonds is 7. The molecule has 34 heavy (non-hydrogen) atoms. The van der Waals surface area contributed by atoms with Crippen molar-refractivity contribution in [3.63, 3.8) is 0 Å². The first-order valence-electron chi connectivity index (χ1n) is 10.7. The number of aromatic nitrogens is 1. The fourth-order valence-electron chi connectivity index (χ4n) is 4.45. The van der Waals surface area contributed by atoms with Crippen LogP contribution >= 0.6 is 0 Å². The first-order chi connectivity index (χ1) is 16.1. The first-order valence-corrected chi connectivity index (χ1v) is 10.7. The van der Waals surface area contributed by atoms with Crippen molar-refractivity contribution < 1.29 is 27.6 Å². The zero-order valence-corrected chi connectivity index (χ0v) is 18.4. The van der Waals surface area contributed by atoms with Gasteiger partial charge in [0.15, 0.2) is 0 Å². The molecule has 1 fully saturated rings. The average molecular weight is 475 g/mol. The van der Waals surface area contributed by atoms with E-state index in [9.17, 15) is 27.6 Å². The molecule has 0 atom stereocenters. The van der Waals surface area contributed by atoms with Crippen molar-refractivity contribution in [3.8, 4) is 0 Å². The molecule has 1 aromatic heterocycles. The number of hydrogen-bond donors (Lipinski definition) is 4. The van der Waals surface area contributed by atoms with Crippen molar-refractivity contribution in [1.29, 1.82) is 0 Å². The Kier molecular flexibility index (Phi) is 5.88. The monoisotopic (exact) mass is 475 g/mol. The molecule has 1 aliphatic heterocycles. The van der Waals surface area contributed by atoms with Gasteiger partial charge < -0.3 is 26.7 Å². The van der Waals surface area contributed by atoms with Crippen molar-refractivity contribution in [2.45, 2.75) is 51.1 Å². The zero-order chi connectivity index (χ0) is 24.8. The molecule has 1 saturated carbocycles. The molecule has 0 unspecified atom stereocenters. The van der Waals surface area contributed by atoms with Crippen LogP contribution in [0.15, 0.2) is 30.1 Å². The number of fused-ring (bicyclic) bond motifs is 1. The number of Topliss-reactive ketones (excluding diaryl/α,β-unsaturated/α-hetero) is 1. The number of alkyl halides is 2. The summed E-state index contributed by atoms with van der Waals surface area (Å²) >= 11 is 0. The van der Waals surface area contributed by atoms with Crippen LogP contribution in [0.3, 0.4) is 0 Å². The predicted octanol–water partition coefficient (Wildman–Crippen LogP) is 2.66. The van der Waals surface area contributed by atoms with E-state index >= 15 is 0 Å². The number of benzene rings is 1. The molecule has 4 rings (SSSR count). The van der Waals surface area contributed by atoms with Gasteiger partial charge in [-0.2, -0.15) is 0 Å². The normalized spacial score (nSPS) is 16.3. The highest BCUT2D eigenvalue weighted by Crippen LogP contribution is 2.40. The van der Waals surface area contributed by atoms with Crippen molar-refractivity contribution in [3.05, 3.63) is 64.0 Å². The van der Waals surface area contributed by atoms with E-state index in [1.54, 1.807) is 11.5 Å². The standard InChI is InChI=1S/C23H24F3N5O3/c1-11-17(19(32)22(34)30-23(6-7-23)16(28)10-27)15-3-2-8-31(15)18(11)21(33)29-12-4-5-14(24)13(9-12)20(25)26/h4-5,9-10,20H,2-3,6-8,27-28H2,1H3,(H,29,33)(H,30,34)/b16-10-. The molecule has 2 heterocycles. The molecule has 1 aromatic carbocycles. The van der Waals surface area contributed by atoms with E-state index in [1.165, 1.54) is 12.3 Å². The molecule has 0 spiro atoms. The number of carbonyl (C=O) groups is 3. The number of nitrogens with zero attached hydrogens (tertiary/aromatic N) is 1. The van der Waals surface area contributed by atoms with E-state index in [4.69, 9.17) is 11.5 Å². The predicted molar refractivity (Wildman–Crippen MR) is 118 cm³/mol. The second kappa shape index (κ2) is 8.54. The third kappa shape index (κ3) is 3.91. The largest absolute Gasteiger partial charge is 0.403 e. The molecule has 180 valence electrons. The molecule has 2 aliphatic rings. The molecule has 6 N–H and O–H groups in total. The molecule has 11 heteroatoms. The maximum atomic E-state index is 13.6. The average Bonchev–Trinajstić information content (AvgIpc) is 3.33. The van der Waals surface area contributed by atoms with E-state index in [-0.39, 0.29) is 22.6 Å². The Morgan fingerprint density at radius 2 is 1.94 bits per heavy atom. The number of nitrogens with one attached hydrogen (secondary N) is 2. The SMILES string of the molecule is Cc1c(C(=O)C(=O)NC2(/C(N)=C/N)CC2)c2n(c1C(=O)Nc1ccc(F)c(C(F)F)c1)CCC2. The highest BCUT2D eigenvalue weighted by atomic mass is 19.3. The third-order valence-electron chi connectivity index (χ3n) is 6.38. The van der Waals surface area contributed by atoms with Gasteiger partial charge in [0.1, 0.15) is 11.5 Å². The van der Waals surface area contributed by atoms with Gasteiger partial charge in [0.25, 0.3) is 24.0 Å². The summed E-state index contributed by atoms with van der Waals surface area (Å²) < 4.78 is 41.3. The van der Waals surface area contributed by atoms with Crippen LogP contribution in [0.4, 0.5) is 18.9 Å². The molecular weight excluding hydrogens is 451 g/mol. The quantitative estimate of drug-likeness (QED) is 0.361. The molecule has 1 aliphatic carbocycles. The van der Waals surface area contributed by atoms with E-state index < -0.39 is 40.9 Å². The van der Waals surface area contributed by atoms with Gasteiger partial charge in [-0.25, -0.2) is 13.2 Å². The second-order valence-electron chi connectivity index (χ2n) is 8.53. The van der Waals surface area contributed by atoms with E-state index in [0.717, 1.165) is 12.1 Å². The lowest BCUT2D eigenvalue weighted by atomic mass is 10.0. The van der Waals surface area contributed by atoms with Crippen molar-refractivity contribution in [2.75, 3.05) is 5.32 Å². The lowest BCUT2D eigenvalue weighted by Crippen LogP contribution is -2.44.